The van der Waals surface area contributed by atoms with Crippen molar-refractivity contribution in [2.24, 2.45) is 0 Å². The van der Waals surface area contributed by atoms with Crippen molar-refractivity contribution < 1.29 is 14.2 Å². The summed E-state index contributed by atoms with van der Waals surface area (Å²) in [6.45, 7) is 0. The van der Waals surface area contributed by atoms with Gasteiger partial charge in [0.15, 0.2) is 11.5 Å². The van der Waals surface area contributed by atoms with Gasteiger partial charge in [-0.3, -0.25) is 0 Å². The molecule has 0 amide bonds. The average Bonchev–Trinajstić information content (AvgIpc) is 2.98. The molecule has 0 spiro atoms. The van der Waals surface area contributed by atoms with Crippen LogP contribution in [0.3, 0.4) is 0 Å². The summed E-state index contributed by atoms with van der Waals surface area (Å²) in [5.74, 6) is 1.79. The number of alkyl halides is 1. The van der Waals surface area contributed by atoms with E-state index in [1.807, 2.05) is 29.6 Å². The molecular weight excluding hydrogens is 284 g/mol. The lowest BCUT2D eigenvalue weighted by Gasteiger charge is -2.18. The van der Waals surface area contributed by atoms with Crippen LogP contribution >= 0.6 is 22.9 Å². The third-order valence-electron chi connectivity index (χ3n) is 2.80. The van der Waals surface area contributed by atoms with Crippen molar-refractivity contribution in [1.82, 2.24) is 0 Å². The van der Waals surface area contributed by atoms with E-state index in [1.54, 1.807) is 32.7 Å². The molecule has 1 atom stereocenters. The second-order valence-electron chi connectivity index (χ2n) is 3.80. The normalized spacial score (nSPS) is 12.0. The predicted molar refractivity (Wildman–Crippen MR) is 78.1 cm³/mol. The third kappa shape index (κ3) is 2.65. The second-order valence-corrected chi connectivity index (χ2v) is 5.22. The Balaban J connectivity index is 2.51. The van der Waals surface area contributed by atoms with Crippen molar-refractivity contribution in [3.05, 3.63) is 40.1 Å². The van der Waals surface area contributed by atoms with Gasteiger partial charge in [-0.2, -0.15) is 0 Å². The number of hydrogen-bond donors (Lipinski definition) is 0. The van der Waals surface area contributed by atoms with Gasteiger partial charge < -0.3 is 14.2 Å². The number of rotatable bonds is 5. The van der Waals surface area contributed by atoms with Crippen LogP contribution in [0.5, 0.6) is 17.2 Å². The first-order valence-corrected chi connectivity index (χ1v) is 7.00. The van der Waals surface area contributed by atoms with Crippen LogP contribution in [0.1, 0.15) is 15.8 Å². The van der Waals surface area contributed by atoms with Crippen LogP contribution in [0.25, 0.3) is 0 Å². The topological polar surface area (TPSA) is 27.7 Å². The Labute approximate surface area is 121 Å². The highest BCUT2D eigenvalue weighted by Gasteiger charge is 2.22. The Morgan fingerprint density at radius 3 is 2.26 bits per heavy atom. The molecule has 0 bridgehead atoms. The molecule has 0 aliphatic rings. The van der Waals surface area contributed by atoms with Gasteiger partial charge in [0.25, 0.3) is 0 Å². The molecule has 0 radical (unpaired) electrons. The maximum Gasteiger partial charge on any atom is 0.203 e. The lowest BCUT2D eigenvalue weighted by atomic mass is 10.1. The summed E-state index contributed by atoms with van der Waals surface area (Å²) in [7, 11) is 4.77. The number of hydrogen-bond acceptors (Lipinski definition) is 4. The van der Waals surface area contributed by atoms with E-state index in [9.17, 15) is 0 Å². The zero-order valence-electron chi connectivity index (χ0n) is 11.0. The zero-order chi connectivity index (χ0) is 13.8. The molecule has 0 aliphatic heterocycles. The van der Waals surface area contributed by atoms with Gasteiger partial charge >= 0.3 is 0 Å². The summed E-state index contributed by atoms with van der Waals surface area (Å²) in [6, 6.07) is 7.71. The molecule has 2 rings (SSSR count). The number of thiophene rings is 1. The van der Waals surface area contributed by atoms with Crippen molar-refractivity contribution in [3.63, 3.8) is 0 Å². The van der Waals surface area contributed by atoms with Crippen molar-refractivity contribution in [3.8, 4) is 17.2 Å². The molecule has 2 aromatic rings. The molecule has 102 valence electrons. The molecule has 1 aromatic carbocycles. The molecule has 5 heteroatoms. The average molecular weight is 299 g/mol. The standard InChI is InChI=1S/C14H15ClO3S/c1-16-10-7-6-9(13(17-2)14(10)18-3)12(15)11-5-4-8-19-11/h4-8,12H,1-3H3. The van der Waals surface area contributed by atoms with Gasteiger partial charge in [-0.15, -0.1) is 22.9 Å². The van der Waals surface area contributed by atoms with Crippen LogP contribution in [0.4, 0.5) is 0 Å². The van der Waals surface area contributed by atoms with Gasteiger partial charge in [0, 0.05) is 10.4 Å². The number of ether oxygens (including phenoxy) is 3. The first kappa shape index (κ1) is 14.0. The summed E-state index contributed by atoms with van der Waals surface area (Å²) in [5, 5.41) is 1.73. The highest BCUT2D eigenvalue weighted by molar-refractivity contribution is 7.10. The lowest BCUT2D eigenvalue weighted by molar-refractivity contribution is 0.322. The van der Waals surface area contributed by atoms with Gasteiger partial charge in [0.05, 0.1) is 26.7 Å². The van der Waals surface area contributed by atoms with E-state index < -0.39 is 0 Å². The Hall–Kier alpha value is -1.39. The lowest BCUT2D eigenvalue weighted by Crippen LogP contribution is -2.00. The van der Waals surface area contributed by atoms with Crippen LogP contribution in [-0.4, -0.2) is 21.3 Å². The highest BCUT2D eigenvalue weighted by atomic mass is 35.5. The summed E-state index contributed by atoms with van der Waals surface area (Å²) >= 11 is 8.12. The quantitative estimate of drug-likeness (QED) is 0.778. The minimum atomic E-state index is -0.269. The number of methoxy groups -OCH3 is 3. The fourth-order valence-corrected chi connectivity index (χ4v) is 3.03. The van der Waals surface area contributed by atoms with E-state index in [-0.39, 0.29) is 5.38 Å². The zero-order valence-corrected chi connectivity index (χ0v) is 12.5. The van der Waals surface area contributed by atoms with Crippen LogP contribution < -0.4 is 14.2 Å². The molecule has 1 unspecified atom stereocenters. The van der Waals surface area contributed by atoms with Crippen molar-refractivity contribution >= 4 is 22.9 Å². The molecule has 0 fully saturated rings. The largest absolute Gasteiger partial charge is 0.493 e. The van der Waals surface area contributed by atoms with Crippen LogP contribution in [-0.2, 0) is 0 Å². The smallest absolute Gasteiger partial charge is 0.203 e. The monoisotopic (exact) mass is 298 g/mol. The maximum atomic E-state index is 6.52. The Morgan fingerprint density at radius 1 is 1.00 bits per heavy atom. The van der Waals surface area contributed by atoms with Crippen molar-refractivity contribution in [2.45, 2.75) is 5.38 Å². The molecule has 0 N–H and O–H groups in total. The first-order valence-electron chi connectivity index (χ1n) is 5.69. The third-order valence-corrected chi connectivity index (χ3v) is 4.34. The first-order chi connectivity index (χ1) is 9.22. The van der Waals surface area contributed by atoms with Crippen molar-refractivity contribution in [1.29, 1.82) is 0 Å². The number of benzene rings is 1. The molecule has 1 aromatic heterocycles. The van der Waals surface area contributed by atoms with E-state index >= 15 is 0 Å². The molecule has 0 saturated carbocycles. The Bertz CT molecular complexity index is 540. The fraction of sp³-hybridized carbons (Fsp3) is 0.286. The minimum absolute atomic E-state index is 0.269. The molecule has 0 aliphatic carbocycles. The Morgan fingerprint density at radius 2 is 1.74 bits per heavy atom. The van der Waals surface area contributed by atoms with Crippen molar-refractivity contribution in [2.75, 3.05) is 21.3 Å². The maximum absolute atomic E-state index is 6.52. The van der Waals surface area contributed by atoms with E-state index in [2.05, 4.69) is 0 Å². The van der Waals surface area contributed by atoms with Crippen LogP contribution in [0.2, 0.25) is 0 Å². The predicted octanol–water partition coefficient (Wildman–Crippen LogP) is 4.10. The van der Waals surface area contributed by atoms with Crippen LogP contribution in [0, 0.1) is 0 Å². The Kier molecular flexibility index (Phi) is 4.56. The summed E-state index contributed by atoms with van der Waals surface area (Å²) in [4.78, 5) is 1.06. The molecule has 19 heavy (non-hydrogen) atoms. The van der Waals surface area contributed by atoms with Gasteiger partial charge in [-0.25, -0.2) is 0 Å². The van der Waals surface area contributed by atoms with Gasteiger partial charge in [0.1, 0.15) is 0 Å². The molecule has 3 nitrogen and oxygen atoms in total. The van der Waals surface area contributed by atoms with Crippen LogP contribution in [0.15, 0.2) is 29.6 Å². The van der Waals surface area contributed by atoms with E-state index in [1.165, 1.54) is 0 Å². The number of halogens is 1. The molecular formula is C14H15ClO3S. The summed E-state index contributed by atoms with van der Waals surface area (Å²) in [5.41, 5.74) is 0.865. The van der Waals surface area contributed by atoms with Gasteiger partial charge in [-0.1, -0.05) is 6.07 Å². The van der Waals surface area contributed by atoms with Gasteiger partial charge in [0.2, 0.25) is 5.75 Å². The molecule has 1 heterocycles. The fourth-order valence-electron chi connectivity index (χ4n) is 1.91. The SMILES string of the molecule is COc1ccc(C(Cl)c2cccs2)c(OC)c1OC. The summed E-state index contributed by atoms with van der Waals surface area (Å²) in [6.07, 6.45) is 0. The minimum Gasteiger partial charge on any atom is -0.493 e. The molecule has 0 saturated heterocycles. The van der Waals surface area contributed by atoms with E-state index in [0.29, 0.717) is 17.2 Å². The highest BCUT2D eigenvalue weighted by Crippen LogP contribution is 2.45. The van der Waals surface area contributed by atoms with Gasteiger partial charge in [-0.05, 0) is 23.6 Å². The van der Waals surface area contributed by atoms with E-state index in [4.69, 9.17) is 25.8 Å². The second kappa shape index (κ2) is 6.17. The summed E-state index contributed by atoms with van der Waals surface area (Å²) < 4.78 is 16.1. The van der Waals surface area contributed by atoms with E-state index in [0.717, 1.165) is 10.4 Å².